The highest BCUT2D eigenvalue weighted by atomic mass is 16.7. The number of aliphatic hydroxyl groups is 10. The number of nitrogens with one attached hydrogen (secondary N) is 3. The predicted octanol–water partition coefficient (Wildman–Crippen LogP) is -4.71. The smallest absolute Gasteiger partial charge is 0.326 e. The summed E-state index contributed by atoms with van der Waals surface area (Å²) in [6.07, 6.45) is -22.8. The lowest BCUT2D eigenvalue weighted by atomic mass is 9.96. The molecule has 3 heterocycles. The molecule has 0 spiro atoms. The summed E-state index contributed by atoms with van der Waals surface area (Å²) < 4.78 is 38.5. The van der Waals surface area contributed by atoms with Gasteiger partial charge in [0.2, 0.25) is 17.7 Å². The molecule has 3 saturated heterocycles. The molecule has 404 valence electrons. The van der Waals surface area contributed by atoms with Crippen molar-refractivity contribution in [2.24, 2.45) is 0 Å². The van der Waals surface area contributed by atoms with Gasteiger partial charge in [-0.1, -0.05) is 30.3 Å². The van der Waals surface area contributed by atoms with Crippen LogP contribution in [-0.4, -0.2) is 224 Å². The number of hydrogen-bond acceptors (Lipinski definition) is 22. The van der Waals surface area contributed by atoms with Crippen LogP contribution in [-0.2, 0) is 63.7 Å². The van der Waals surface area contributed by atoms with Crippen LogP contribution in [0.4, 0.5) is 0 Å². The Kier molecular flexibility index (Phi) is 25.8. The molecule has 16 atom stereocenters. The Hall–Kier alpha value is -4.07. The third-order valence-corrected chi connectivity index (χ3v) is 12.0. The van der Waals surface area contributed by atoms with Gasteiger partial charge in [0.15, 0.2) is 18.9 Å². The molecule has 0 saturated carbocycles. The van der Waals surface area contributed by atoms with Gasteiger partial charge in [-0.25, -0.2) is 4.79 Å². The summed E-state index contributed by atoms with van der Waals surface area (Å²) in [5, 5.41) is 121. The van der Waals surface area contributed by atoms with Crippen LogP contribution in [0.3, 0.4) is 0 Å². The van der Waals surface area contributed by atoms with Gasteiger partial charge in [-0.2, -0.15) is 0 Å². The van der Waals surface area contributed by atoms with Crippen LogP contribution in [0.2, 0.25) is 0 Å². The normalized spacial score (nSPS) is 31.3. The molecule has 26 nitrogen and oxygen atoms in total. The van der Waals surface area contributed by atoms with Crippen molar-refractivity contribution in [2.45, 2.75) is 175 Å². The molecule has 0 bridgehead atoms. The van der Waals surface area contributed by atoms with Crippen molar-refractivity contribution in [3.8, 4) is 0 Å². The number of carboxylic acid groups (broad SMARTS) is 1. The van der Waals surface area contributed by atoms with E-state index in [1.165, 1.54) is 0 Å². The number of hydrogen-bond donors (Lipinski definition) is 14. The predicted molar refractivity (Wildman–Crippen MR) is 238 cm³/mol. The van der Waals surface area contributed by atoms with Crippen molar-refractivity contribution < 1.29 is 113 Å². The van der Waals surface area contributed by atoms with E-state index < -0.39 is 136 Å². The van der Waals surface area contributed by atoms with Gasteiger partial charge >= 0.3 is 11.9 Å². The van der Waals surface area contributed by atoms with E-state index in [-0.39, 0.29) is 70.3 Å². The van der Waals surface area contributed by atoms with Gasteiger partial charge in [-0.3, -0.25) is 19.2 Å². The first kappa shape index (κ1) is 59.5. The van der Waals surface area contributed by atoms with Crippen LogP contribution in [0, 0.1) is 0 Å². The van der Waals surface area contributed by atoms with Crippen molar-refractivity contribution in [2.75, 3.05) is 39.5 Å². The van der Waals surface area contributed by atoms with Gasteiger partial charge in [0.25, 0.3) is 0 Å². The largest absolute Gasteiger partial charge is 0.480 e. The number of benzene rings is 1. The Morgan fingerprint density at radius 1 is 0.563 bits per heavy atom. The van der Waals surface area contributed by atoms with Gasteiger partial charge in [0.05, 0.1) is 26.4 Å². The molecule has 0 aliphatic carbocycles. The number of aliphatic hydroxyl groups excluding tert-OH is 10. The number of amides is 3. The first-order chi connectivity index (χ1) is 33.9. The molecule has 0 radical (unpaired) electrons. The standard InChI is InChI=1S/C45H71N3O23/c49-20-26-33(55)36(58)38(60)43(68-26)67-23-28-35(57)41(71-45-39(61)37(59)34(56)27(21-50)69-45)40(62)44(70-28)65-19-18-47-30(52)14-5-4-13-29(51)46-17-9-8-12-25(42(63)64)48-31(53)15-6-7-16-32(54)66-22-24-10-2-1-3-11-24/h1-3,10-11,25-28,33-41,43-45,49-50,55-62H,4-9,12-23H2,(H,46,51)(H,47,52)(H,48,53)(H,63,64)/t25-,26+,27+,28+,33+,34+,35+,36-,37-,38-,39-,40-,41-,43-,44-,45-/m0/s1. The van der Waals surface area contributed by atoms with Gasteiger partial charge in [-0.05, 0) is 50.5 Å². The highest BCUT2D eigenvalue weighted by molar-refractivity contribution is 5.83. The first-order valence-electron chi connectivity index (χ1n) is 23.7. The maximum absolute atomic E-state index is 12.5. The molecule has 1 aromatic rings. The first-order valence-corrected chi connectivity index (χ1v) is 23.7. The number of ether oxygens (including phenoxy) is 7. The molecule has 0 unspecified atom stereocenters. The number of carboxylic acids is 1. The van der Waals surface area contributed by atoms with Crippen LogP contribution in [0.5, 0.6) is 0 Å². The summed E-state index contributed by atoms with van der Waals surface area (Å²) >= 11 is 0. The molecule has 26 heteroatoms. The van der Waals surface area contributed by atoms with Gasteiger partial charge < -0.3 is 105 Å². The molecule has 1 aromatic carbocycles. The lowest BCUT2D eigenvalue weighted by Crippen LogP contribution is -2.65. The van der Waals surface area contributed by atoms with E-state index in [4.69, 9.17) is 33.2 Å². The van der Waals surface area contributed by atoms with E-state index in [9.17, 15) is 80.1 Å². The summed E-state index contributed by atoms with van der Waals surface area (Å²) in [5.41, 5.74) is 0.860. The van der Waals surface area contributed by atoms with E-state index in [2.05, 4.69) is 16.0 Å². The Labute approximate surface area is 409 Å². The SMILES string of the molecule is O=C(CCCCC(=O)NCCO[C@H]1O[C@H](CO[C@H]2O[C@H](CO)[C@@H](O)[C@H](O)[C@@H]2O)[C@@H](O)[C@H](O[C@@H]2O[C@H](CO)[C@@H](O)[C@H](O)[C@@H]2O)[C@@H]1O)NCCCC[C@H](NC(=O)CCCCC(=O)OCc1ccccc1)C(=O)O. The van der Waals surface area contributed by atoms with E-state index >= 15 is 0 Å². The molecule has 71 heavy (non-hydrogen) atoms. The second kappa shape index (κ2) is 30.8. The van der Waals surface area contributed by atoms with Crippen molar-refractivity contribution in [1.82, 2.24) is 16.0 Å². The van der Waals surface area contributed by atoms with Crippen molar-refractivity contribution >= 4 is 29.7 Å². The molecule has 0 aromatic heterocycles. The van der Waals surface area contributed by atoms with Crippen LogP contribution in [0.25, 0.3) is 0 Å². The minimum atomic E-state index is -1.93. The van der Waals surface area contributed by atoms with Crippen LogP contribution in [0.1, 0.15) is 76.2 Å². The van der Waals surface area contributed by atoms with Crippen molar-refractivity contribution in [3.63, 3.8) is 0 Å². The second-order valence-electron chi connectivity index (χ2n) is 17.4. The quantitative estimate of drug-likeness (QED) is 0.0254. The zero-order valence-corrected chi connectivity index (χ0v) is 39.2. The zero-order valence-electron chi connectivity index (χ0n) is 39.2. The van der Waals surface area contributed by atoms with E-state index in [1.807, 2.05) is 30.3 Å². The van der Waals surface area contributed by atoms with Gasteiger partial charge in [0, 0.05) is 38.8 Å². The number of unbranched alkanes of at least 4 members (excludes halogenated alkanes) is 3. The average Bonchev–Trinajstić information content (AvgIpc) is 3.35. The highest BCUT2D eigenvalue weighted by Gasteiger charge is 2.52. The third-order valence-electron chi connectivity index (χ3n) is 12.0. The number of rotatable bonds is 30. The molecule has 14 N–H and O–H groups in total. The minimum absolute atomic E-state index is 0.0397. The zero-order chi connectivity index (χ0) is 52.0. The van der Waals surface area contributed by atoms with Gasteiger partial charge in [-0.15, -0.1) is 0 Å². The fourth-order valence-electron chi connectivity index (χ4n) is 7.77. The molecular formula is C45H71N3O23. The van der Waals surface area contributed by atoms with Crippen LogP contribution < -0.4 is 16.0 Å². The Morgan fingerprint density at radius 2 is 1.10 bits per heavy atom. The lowest BCUT2D eigenvalue weighted by Gasteiger charge is -2.46. The highest BCUT2D eigenvalue weighted by Crippen LogP contribution is 2.31. The molecule has 3 amide bonds. The summed E-state index contributed by atoms with van der Waals surface area (Å²) in [6.45, 7) is -2.19. The van der Waals surface area contributed by atoms with Crippen LogP contribution in [0.15, 0.2) is 30.3 Å². The summed E-state index contributed by atoms with van der Waals surface area (Å²) in [5.74, 6) is -2.69. The second-order valence-corrected chi connectivity index (χ2v) is 17.4. The fourth-order valence-corrected chi connectivity index (χ4v) is 7.77. The third kappa shape index (κ3) is 19.1. The molecular weight excluding hydrogens is 950 g/mol. The van der Waals surface area contributed by atoms with E-state index in [0.717, 1.165) is 5.56 Å². The summed E-state index contributed by atoms with van der Waals surface area (Å²) in [4.78, 5) is 60.9. The van der Waals surface area contributed by atoms with Crippen molar-refractivity contribution in [3.05, 3.63) is 35.9 Å². The monoisotopic (exact) mass is 1020 g/mol. The Balaban J connectivity index is 1.12. The average molecular weight is 1020 g/mol. The van der Waals surface area contributed by atoms with E-state index in [1.54, 1.807) is 0 Å². The minimum Gasteiger partial charge on any atom is -0.480 e. The number of carbonyl (C=O) groups is 5. The van der Waals surface area contributed by atoms with Crippen molar-refractivity contribution in [1.29, 1.82) is 0 Å². The maximum atomic E-state index is 12.5. The summed E-state index contributed by atoms with van der Waals surface area (Å²) in [7, 11) is 0. The number of carbonyl (C=O) groups excluding carboxylic acids is 4. The van der Waals surface area contributed by atoms with Gasteiger partial charge in [0.1, 0.15) is 85.9 Å². The summed E-state index contributed by atoms with van der Waals surface area (Å²) in [6, 6.07) is 8.09. The lowest BCUT2D eigenvalue weighted by molar-refractivity contribution is -0.366. The van der Waals surface area contributed by atoms with Crippen LogP contribution >= 0.6 is 0 Å². The number of esters is 1. The Bertz CT molecular complexity index is 1770. The number of aliphatic carboxylic acids is 1. The molecule has 3 aliphatic rings. The molecule has 3 fully saturated rings. The topological polar surface area (TPSA) is 409 Å². The van der Waals surface area contributed by atoms with E-state index in [0.29, 0.717) is 38.5 Å². The maximum Gasteiger partial charge on any atom is 0.326 e. The molecule has 4 rings (SSSR count). The molecule has 3 aliphatic heterocycles. The fraction of sp³-hybridized carbons (Fsp3) is 0.756. The Morgan fingerprint density at radius 3 is 1.70 bits per heavy atom.